The van der Waals surface area contributed by atoms with Gasteiger partial charge in [-0.25, -0.2) is 0 Å². The Labute approximate surface area is 118 Å². The quantitative estimate of drug-likeness (QED) is 0.609. The van der Waals surface area contributed by atoms with Crippen molar-refractivity contribution >= 4 is 11.8 Å². The molecule has 0 N–H and O–H groups in total. The lowest BCUT2D eigenvalue weighted by Crippen LogP contribution is -2.37. The summed E-state index contributed by atoms with van der Waals surface area (Å²) < 4.78 is 0. The summed E-state index contributed by atoms with van der Waals surface area (Å²) in [6, 6.07) is 9.74. The van der Waals surface area contributed by atoms with Crippen molar-refractivity contribution in [3.63, 3.8) is 0 Å². The first-order valence-electron chi connectivity index (χ1n) is 7.20. The molecule has 3 nitrogen and oxygen atoms in total. The van der Waals surface area contributed by atoms with E-state index in [1.165, 1.54) is 4.90 Å². The summed E-state index contributed by atoms with van der Waals surface area (Å²) in [7, 11) is 0. The molecule has 2 aliphatic carbocycles. The maximum atomic E-state index is 12.8. The monoisotopic (exact) mass is 267 g/mol. The molecule has 4 atom stereocenters. The number of carbonyl (C=O) groups is 2. The molecule has 1 saturated heterocycles. The Balaban J connectivity index is 1.68. The van der Waals surface area contributed by atoms with Crippen LogP contribution in [0.15, 0.2) is 42.5 Å². The Morgan fingerprint density at radius 1 is 1.20 bits per heavy atom. The number of hydrogen-bond acceptors (Lipinski definition) is 2. The maximum Gasteiger partial charge on any atom is 0.236 e. The first-order chi connectivity index (χ1) is 9.62. The van der Waals surface area contributed by atoms with Crippen molar-refractivity contribution in [2.45, 2.75) is 19.9 Å². The Morgan fingerprint density at radius 3 is 2.65 bits per heavy atom. The molecule has 0 spiro atoms. The van der Waals surface area contributed by atoms with Crippen LogP contribution in [0.3, 0.4) is 0 Å². The molecule has 0 radical (unpaired) electrons. The van der Waals surface area contributed by atoms with E-state index in [0.717, 1.165) is 12.0 Å². The molecule has 102 valence electrons. The van der Waals surface area contributed by atoms with Crippen molar-refractivity contribution in [2.24, 2.45) is 23.2 Å². The molecule has 2 fully saturated rings. The fraction of sp³-hybridized carbons (Fsp3) is 0.412. The van der Waals surface area contributed by atoms with E-state index in [9.17, 15) is 9.59 Å². The summed E-state index contributed by atoms with van der Waals surface area (Å²) in [5.41, 5.74) is 0.517. The molecule has 3 aliphatic rings. The van der Waals surface area contributed by atoms with Crippen molar-refractivity contribution in [3.05, 3.63) is 48.0 Å². The lowest BCUT2D eigenvalue weighted by atomic mass is 9.71. The first-order valence-corrected chi connectivity index (χ1v) is 7.20. The summed E-state index contributed by atoms with van der Waals surface area (Å²) in [5, 5.41) is 0. The van der Waals surface area contributed by atoms with Gasteiger partial charge >= 0.3 is 0 Å². The van der Waals surface area contributed by atoms with Crippen LogP contribution in [0, 0.1) is 23.2 Å². The summed E-state index contributed by atoms with van der Waals surface area (Å²) >= 11 is 0. The van der Waals surface area contributed by atoms with E-state index in [0.29, 0.717) is 6.54 Å². The molecule has 0 unspecified atom stereocenters. The van der Waals surface area contributed by atoms with Crippen LogP contribution in [0.1, 0.15) is 18.9 Å². The fourth-order valence-electron chi connectivity index (χ4n) is 4.30. The molecular weight excluding hydrogens is 250 g/mol. The molecule has 20 heavy (non-hydrogen) atoms. The van der Waals surface area contributed by atoms with Crippen LogP contribution < -0.4 is 0 Å². The smallest absolute Gasteiger partial charge is 0.236 e. The number of amides is 2. The van der Waals surface area contributed by atoms with Gasteiger partial charge in [-0.05, 0) is 30.7 Å². The van der Waals surface area contributed by atoms with Crippen molar-refractivity contribution in [3.8, 4) is 0 Å². The van der Waals surface area contributed by atoms with Crippen molar-refractivity contribution in [1.82, 2.24) is 4.90 Å². The van der Waals surface area contributed by atoms with Gasteiger partial charge in [0.1, 0.15) is 0 Å². The zero-order valence-corrected chi connectivity index (χ0v) is 11.5. The van der Waals surface area contributed by atoms with E-state index in [4.69, 9.17) is 0 Å². The Bertz CT molecular complexity index is 621. The predicted molar refractivity (Wildman–Crippen MR) is 74.3 cm³/mol. The van der Waals surface area contributed by atoms with E-state index in [1.807, 2.05) is 37.3 Å². The van der Waals surface area contributed by atoms with Gasteiger partial charge in [-0.1, -0.05) is 42.5 Å². The summed E-state index contributed by atoms with van der Waals surface area (Å²) in [5.74, 6) is 0.428. The topological polar surface area (TPSA) is 37.4 Å². The van der Waals surface area contributed by atoms with Crippen LogP contribution in [0.4, 0.5) is 0 Å². The molecule has 1 saturated carbocycles. The van der Waals surface area contributed by atoms with Gasteiger partial charge in [0.25, 0.3) is 0 Å². The van der Waals surface area contributed by atoms with E-state index >= 15 is 0 Å². The van der Waals surface area contributed by atoms with Crippen molar-refractivity contribution in [1.29, 1.82) is 0 Å². The summed E-state index contributed by atoms with van der Waals surface area (Å²) in [4.78, 5) is 26.9. The second kappa shape index (κ2) is 3.81. The van der Waals surface area contributed by atoms with Crippen LogP contribution in [0.5, 0.6) is 0 Å². The first kappa shape index (κ1) is 11.9. The molecule has 4 rings (SSSR count). The minimum Gasteiger partial charge on any atom is -0.277 e. The minimum atomic E-state index is -0.495. The van der Waals surface area contributed by atoms with E-state index in [1.54, 1.807) is 0 Å². The maximum absolute atomic E-state index is 12.8. The number of nitrogens with zero attached hydrogens (tertiary/aromatic N) is 1. The highest BCUT2D eigenvalue weighted by Gasteiger charge is 2.66. The number of hydrogen-bond donors (Lipinski definition) is 0. The normalized spacial score (nSPS) is 37.9. The van der Waals surface area contributed by atoms with Crippen LogP contribution >= 0.6 is 0 Å². The van der Waals surface area contributed by atoms with Gasteiger partial charge < -0.3 is 0 Å². The Hall–Kier alpha value is -1.90. The summed E-state index contributed by atoms with van der Waals surface area (Å²) in [6.45, 7) is 2.39. The predicted octanol–water partition coefficient (Wildman–Crippen LogP) is 2.38. The number of benzene rings is 1. The molecule has 2 bridgehead atoms. The zero-order valence-electron chi connectivity index (χ0n) is 11.5. The zero-order chi connectivity index (χ0) is 13.9. The van der Waals surface area contributed by atoms with Crippen LogP contribution in [0.25, 0.3) is 0 Å². The summed E-state index contributed by atoms with van der Waals surface area (Å²) in [6.07, 6.45) is 5.24. The molecule has 2 amide bonds. The molecular formula is C17H17NO2. The molecule has 1 heterocycles. The van der Waals surface area contributed by atoms with Gasteiger partial charge in [-0.3, -0.25) is 14.5 Å². The number of imide groups is 1. The fourth-order valence-corrected chi connectivity index (χ4v) is 4.30. The van der Waals surface area contributed by atoms with Gasteiger partial charge in [0.2, 0.25) is 11.8 Å². The average molecular weight is 267 g/mol. The molecule has 1 aromatic rings. The molecule has 1 aliphatic heterocycles. The average Bonchev–Trinajstić information content (AvgIpc) is 3.08. The highest BCUT2D eigenvalue weighted by atomic mass is 16.2. The third-order valence-electron chi connectivity index (χ3n) is 5.38. The van der Waals surface area contributed by atoms with Crippen LogP contribution in [-0.2, 0) is 16.1 Å². The highest BCUT2D eigenvalue weighted by Crippen LogP contribution is 2.60. The van der Waals surface area contributed by atoms with Gasteiger partial charge in [0, 0.05) is 0 Å². The molecule has 1 aromatic carbocycles. The van der Waals surface area contributed by atoms with Gasteiger partial charge in [-0.2, -0.15) is 0 Å². The van der Waals surface area contributed by atoms with Gasteiger partial charge in [0.05, 0.1) is 17.9 Å². The standard InChI is InChI=1S/C17H17NO2/c1-17-13-8-7-12(9-13)14(17)15(19)18(16(17)20)10-11-5-3-2-4-6-11/h2-8,12-14H,9-10H2,1H3/t12-,13-,14+,17-/m0/s1. The number of allylic oxidation sites excluding steroid dienone is 2. The van der Waals surface area contributed by atoms with Crippen molar-refractivity contribution in [2.75, 3.05) is 0 Å². The largest absolute Gasteiger partial charge is 0.277 e. The highest BCUT2D eigenvalue weighted by molar-refractivity contribution is 6.08. The van der Waals surface area contributed by atoms with E-state index in [2.05, 4.69) is 12.2 Å². The van der Waals surface area contributed by atoms with Gasteiger partial charge in [0.15, 0.2) is 0 Å². The second-order valence-electron chi connectivity index (χ2n) is 6.37. The van der Waals surface area contributed by atoms with E-state index < -0.39 is 5.41 Å². The lowest BCUT2D eigenvalue weighted by Gasteiger charge is -2.28. The number of carbonyl (C=O) groups excluding carboxylic acids is 2. The number of likely N-dealkylation sites (tertiary alicyclic amines) is 1. The van der Waals surface area contributed by atoms with Gasteiger partial charge in [-0.15, -0.1) is 0 Å². The Morgan fingerprint density at radius 2 is 1.95 bits per heavy atom. The second-order valence-corrected chi connectivity index (χ2v) is 6.37. The van der Waals surface area contributed by atoms with E-state index in [-0.39, 0.29) is 29.6 Å². The number of fused-ring (bicyclic) bond motifs is 5. The molecule has 3 heteroatoms. The lowest BCUT2D eigenvalue weighted by molar-refractivity contribution is -0.142. The Kier molecular flexibility index (Phi) is 2.27. The van der Waals surface area contributed by atoms with Crippen LogP contribution in [0.2, 0.25) is 0 Å². The third-order valence-corrected chi connectivity index (χ3v) is 5.38. The minimum absolute atomic E-state index is 0.0215. The number of rotatable bonds is 2. The van der Waals surface area contributed by atoms with Crippen molar-refractivity contribution < 1.29 is 9.59 Å². The SMILES string of the molecule is C[C@@]12C(=O)N(Cc3ccccc3)C(=O)[C@H]1[C@H]1C=C[C@H]2C1. The van der Waals surface area contributed by atoms with Crippen LogP contribution in [-0.4, -0.2) is 16.7 Å². The molecule has 0 aromatic heterocycles. The third kappa shape index (κ3) is 1.30.